The Balaban J connectivity index is 1.48. The number of para-hydroxylation sites is 1. The second kappa shape index (κ2) is 8.55. The van der Waals surface area contributed by atoms with E-state index in [1.54, 1.807) is 11.8 Å². The lowest BCUT2D eigenvalue weighted by atomic mass is 10.2. The van der Waals surface area contributed by atoms with E-state index < -0.39 is 16.1 Å². The van der Waals surface area contributed by atoms with Gasteiger partial charge in [-0.15, -0.1) is 0 Å². The van der Waals surface area contributed by atoms with E-state index in [1.165, 1.54) is 22.5 Å². The molecule has 0 saturated carbocycles. The van der Waals surface area contributed by atoms with Crippen molar-refractivity contribution in [2.75, 3.05) is 37.7 Å². The maximum Gasteiger partial charge on any atom is 0.267 e. The highest BCUT2D eigenvalue weighted by molar-refractivity contribution is 7.89. The lowest BCUT2D eigenvalue weighted by Crippen LogP contribution is -2.40. The Morgan fingerprint density at radius 2 is 1.87 bits per heavy atom. The SMILES string of the molecule is C[C@@H](Oc1ccc(S(=O)(=O)N2CCOCC2)cc1Cl)C(=O)N1CCc2ccccc21. The van der Waals surface area contributed by atoms with Gasteiger partial charge in [0, 0.05) is 25.3 Å². The van der Waals surface area contributed by atoms with Crippen molar-refractivity contribution >= 4 is 33.2 Å². The summed E-state index contributed by atoms with van der Waals surface area (Å²) in [5, 5.41) is 0.144. The van der Waals surface area contributed by atoms with Crippen LogP contribution in [0.3, 0.4) is 0 Å². The smallest absolute Gasteiger partial charge is 0.267 e. The third-order valence-corrected chi connectivity index (χ3v) is 7.51. The molecule has 0 spiro atoms. The summed E-state index contributed by atoms with van der Waals surface area (Å²) < 4.78 is 38.0. The van der Waals surface area contributed by atoms with Gasteiger partial charge in [0.15, 0.2) is 6.10 Å². The molecule has 0 unspecified atom stereocenters. The summed E-state index contributed by atoms with van der Waals surface area (Å²) in [6.45, 7) is 3.62. The number of halogens is 1. The van der Waals surface area contributed by atoms with Crippen LogP contribution in [0.5, 0.6) is 5.75 Å². The number of carbonyl (C=O) groups excluding carboxylic acids is 1. The molecule has 2 heterocycles. The maximum absolute atomic E-state index is 12.9. The first kappa shape index (κ1) is 21.1. The van der Waals surface area contributed by atoms with Crippen LogP contribution in [0.25, 0.3) is 0 Å². The van der Waals surface area contributed by atoms with Crippen LogP contribution in [0.1, 0.15) is 12.5 Å². The molecule has 1 amide bonds. The second-order valence-electron chi connectivity index (χ2n) is 7.24. The molecule has 30 heavy (non-hydrogen) atoms. The molecule has 2 aliphatic rings. The van der Waals surface area contributed by atoms with E-state index >= 15 is 0 Å². The first-order valence-electron chi connectivity index (χ1n) is 9.81. The molecule has 4 rings (SSSR count). The fourth-order valence-corrected chi connectivity index (χ4v) is 5.43. The van der Waals surface area contributed by atoms with Crippen molar-refractivity contribution in [2.24, 2.45) is 0 Å². The Morgan fingerprint density at radius 3 is 2.60 bits per heavy atom. The van der Waals surface area contributed by atoms with Crippen molar-refractivity contribution in [1.82, 2.24) is 4.31 Å². The van der Waals surface area contributed by atoms with Gasteiger partial charge in [0.2, 0.25) is 10.0 Å². The van der Waals surface area contributed by atoms with E-state index in [9.17, 15) is 13.2 Å². The Morgan fingerprint density at radius 1 is 1.13 bits per heavy atom. The highest BCUT2D eigenvalue weighted by Crippen LogP contribution is 2.32. The van der Waals surface area contributed by atoms with Gasteiger partial charge in [0.1, 0.15) is 5.75 Å². The van der Waals surface area contributed by atoms with Gasteiger partial charge in [0.05, 0.1) is 23.1 Å². The summed E-state index contributed by atoms with van der Waals surface area (Å²) in [5.74, 6) is 0.104. The first-order valence-corrected chi connectivity index (χ1v) is 11.6. The third-order valence-electron chi connectivity index (χ3n) is 5.32. The minimum Gasteiger partial charge on any atom is -0.479 e. The summed E-state index contributed by atoms with van der Waals surface area (Å²) in [5.41, 5.74) is 2.03. The molecule has 7 nitrogen and oxygen atoms in total. The van der Waals surface area contributed by atoms with Gasteiger partial charge in [-0.3, -0.25) is 4.79 Å². The number of rotatable bonds is 5. The fourth-order valence-electron chi connectivity index (χ4n) is 3.70. The molecule has 2 aliphatic heterocycles. The molecule has 2 aromatic rings. The van der Waals surface area contributed by atoms with Crippen molar-refractivity contribution in [3.8, 4) is 5.75 Å². The lowest BCUT2D eigenvalue weighted by molar-refractivity contribution is -0.124. The summed E-state index contributed by atoms with van der Waals surface area (Å²) in [6, 6.07) is 12.1. The molecule has 160 valence electrons. The zero-order valence-corrected chi connectivity index (χ0v) is 18.2. The second-order valence-corrected chi connectivity index (χ2v) is 9.58. The Kier molecular flexibility index (Phi) is 6.02. The maximum atomic E-state index is 12.9. The molecule has 0 bridgehead atoms. The molecule has 1 atom stereocenters. The number of fused-ring (bicyclic) bond motifs is 1. The third kappa shape index (κ3) is 4.05. The highest BCUT2D eigenvalue weighted by Gasteiger charge is 2.30. The van der Waals surface area contributed by atoms with Crippen molar-refractivity contribution in [2.45, 2.75) is 24.3 Å². The average molecular weight is 451 g/mol. The van der Waals surface area contributed by atoms with Crippen LogP contribution < -0.4 is 9.64 Å². The number of hydrogen-bond acceptors (Lipinski definition) is 5. The summed E-state index contributed by atoms with van der Waals surface area (Å²) in [7, 11) is -3.65. The quantitative estimate of drug-likeness (QED) is 0.700. The standard InChI is InChI=1S/C21H23ClN2O5S/c1-15(21(25)24-9-8-16-4-2-3-5-19(16)24)29-20-7-6-17(14-18(20)22)30(26,27)23-10-12-28-13-11-23/h2-7,14-15H,8-13H2,1H3/t15-/m1/s1. The summed E-state index contributed by atoms with van der Waals surface area (Å²) in [6.07, 6.45) is 0.0408. The van der Waals surface area contributed by atoms with Gasteiger partial charge in [-0.2, -0.15) is 4.31 Å². The van der Waals surface area contributed by atoms with Crippen LogP contribution in [0.2, 0.25) is 5.02 Å². The Hall–Kier alpha value is -2.13. The number of ether oxygens (including phenoxy) is 2. The van der Waals surface area contributed by atoms with Crippen LogP contribution in [-0.4, -0.2) is 57.6 Å². The van der Waals surface area contributed by atoms with Crippen LogP contribution in [-0.2, 0) is 26.0 Å². The predicted molar refractivity (Wildman–Crippen MR) is 114 cm³/mol. The Labute approximate surface area is 181 Å². The highest BCUT2D eigenvalue weighted by atomic mass is 35.5. The molecular formula is C21H23ClN2O5S. The van der Waals surface area contributed by atoms with Crippen molar-refractivity contribution < 1.29 is 22.7 Å². The van der Waals surface area contributed by atoms with Crippen LogP contribution >= 0.6 is 11.6 Å². The molecular weight excluding hydrogens is 428 g/mol. The average Bonchev–Trinajstić information content (AvgIpc) is 3.19. The molecule has 0 radical (unpaired) electrons. The number of carbonyl (C=O) groups is 1. The predicted octanol–water partition coefficient (Wildman–Crippen LogP) is 2.72. The molecule has 9 heteroatoms. The molecule has 0 N–H and O–H groups in total. The Bertz CT molecular complexity index is 1050. The molecule has 1 saturated heterocycles. The van der Waals surface area contributed by atoms with Gasteiger partial charge in [-0.25, -0.2) is 8.42 Å². The van der Waals surface area contributed by atoms with Gasteiger partial charge >= 0.3 is 0 Å². The van der Waals surface area contributed by atoms with Gasteiger partial charge < -0.3 is 14.4 Å². The molecule has 0 aromatic heterocycles. The zero-order valence-electron chi connectivity index (χ0n) is 16.6. The molecule has 1 fully saturated rings. The number of nitrogens with zero attached hydrogens (tertiary/aromatic N) is 2. The zero-order chi connectivity index (χ0) is 21.3. The van der Waals surface area contributed by atoms with E-state index in [2.05, 4.69) is 0 Å². The van der Waals surface area contributed by atoms with E-state index in [0.717, 1.165) is 17.7 Å². The van der Waals surface area contributed by atoms with Crippen molar-refractivity contribution in [3.05, 3.63) is 53.1 Å². The van der Waals surface area contributed by atoms with Gasteiger partial charge in [-0.05, 0) is 43.2 Å². The number of anilines is 1. The number of sulfonamides is 1. The van der Waals surface area contributed by atoms with E-state index in [0.29, 0.717) is 32.8 Å². The first-order chi connectivity index (χ1) is 14.4. The number of benzene rings is 2. The fraction of sp³-hybridized carbons (Fsp3) is 0.381. The van der Waals surface area contributed by atoms with E-state index in [1.807, 2.05) is 24.3 Å². The molecule has 0 aliphatic carbocycles. The number of morpholine rings is 1. The largest absolute Gasteiger partial charge is 0.479 e. The van der Waals surface area contributed by atoms with E-state index in [4.69, 9.17) is 21.1 Å². The van der Waals surface area contributed by atoms with Crippen molar-refractivity contribution in [1.29, 1.82) is 0 Å². The molecule has 2 aromatic carbocycles. The minimum absolute atomic E-state index is 0.0919. The lowest BCUT2D eigenvalue weighted by Gasteiger charge is -2.26. The number of hydrogen-bond donors (Lipinski definition) is 0. The van der Waals surface area contributed by atoms with Crippen LogP contribution in [0.15, 0.2) is 47.4 Å². The van der Waals surface area contributed by atoms with Crippen LogP contribution in [0, 0.1) is 0 Å². The van der Waals surface area contributed by atoms with Gasteiger partial charge in [-0.1, -0.05) is 29.8 Å². The van der Waals surface area contributed by atoms with Crippen molar-refractivity contribution in [3.63, 3.8) is 0 Å². The minimum atomic E-state index is -3.65. The van der Waals surface area contributed by atoms with E-state index in [-0.39, 0.29) is 21.6 Å². The topological polar surface area (TPSA) is 76.1 Å². The monoisotopic (exact) mass is 450 g/mol. The van der Waals surface area contributed by atoms with Gasteiger partial charge in [0.25, 0.3) is 5.91 Å². The summed E-state index contributed by atoms with van der Waals surface area (Å²) >= 11 is 6.31. The number of amides is 1. The normalized spacial score (nSPS) is 18.1. The summed E-state index contributed by atoms with van der Waals surface area (Å²) in [4.78, 5) is 14.7. The van der Waals surface area contributed by atoms with Crippen LogP contribution in [0.4, 0.5) is 5.69 Å².